The van der Waals surface area contributed by atoms with Crippen molar-refractivity contribution in [3.63, 3.8) is 0 Å². The summed E-state index contributed by atoms with van der Waals surface area (Å²) in [6.07, 6.45) is 0.108. The normalized spacial score (nSPS) is 15.9. The largest absolute Gasteiger partial charge is 0.497 e. The van der Waals surface area contributed by atoms with Crippen LogP contribution >= 0.6 is 15.9 Å². The van der Waals surface area contributed by atoms with Gasteiger partial charge < -0.3 is 20.3 Å². The van der Waals surface area contributed by atoms with Gasteiger partial charge in [0.1, 0.15) is 5.75 Å². The molecule has 1 heterocycles. The lowest BCUT2D eigenvalue weighted by Crippen LogP contribution is -2.38. The van der Waals surface area contributed by atoms with Crippen molar-refractivity contribution >= 4 is 45.0 Å². The van der Waals surface area contributed by atoms with Crippen LogP contribution in [0.5, 0.6) is 5.75 Å². The van der Waals surface area contributed by atoms with Crippen LogP contribution in [0.25, 0.3) is 0 Å². The summed E-state index contributed by atoms with van der Waals surface area (Å²) >= 11 is 3.38. The summed E-state index contributed by atoms with van der Waals surface area (Å²) < 4.78 is 6.11. The van der Waals surface area contributed by atoms with Gasteiger partial charge in [-0.15, -0.1) is 0 Å². The molecule has 1 aliphatic rings. The molecule has 1 atom stereocenters. The van der Waals surface area contributed by atoms with Gasteiger partial charge in [0.15, 0.2) is 0 Å². The van der Waals surface area contributed by atoms with E-state index < -0.39 is 5.92 Å². The lowest BCUT2D eigenvalue weighted by molar-refractivity contribution is -0.127. The van der Waals surface area contributed by atoms with E-state index in [1.54, 1.807) is 42.3 Å². The van der Waals surface area contributed by atoms with Gasteiger partial charge in [-0.3, -0.25) is 14.4 Å². The minimum Gasteiger partial charge on any atom is -0.497 e. The summed E-state index contributed by atoms with van der Waals surface area (Å²) in [5, 5.41) is 5.40. The van der Waals surface area contributed by atoms with Gasteiger partial charge in [-0.25, -0.2) is 0 Å². The van der Waals surface area contributed by atoms with Crippen LogP contribution in [0.2, 0.25) is 0 Å². The summed E-state index contributed by atoms with van der Waals surface area (Å²) in [6.45, 7) is 2.00. The molecule has 3 amide bonds. The van der Waals surface area contributed by atoms with E-state index in [2.05, 4.69) is 26.6 Å². The van der Waals surface area contributed by atoms with Crippen LogP contribution in [0.1, 0.15) is 12.0 Å². The fraction of sp³-hybridized carbons (Fsp3) is 0.286. The summed E-state index contributed by atoms with van der Waals surface area (Å²) in [4.78, 5) is 38.5. The van der Waals surface area contributed by atoms with Gasteiger partial charge in [0.2, 0.25) is 17.7 Å². The highest BCUT2D eigenvalue weighted by Crippen LogP contribution is 2.28. The second-order valence-electron chi connectivity index (χ2n) is 6.83. The van der Waals surface area contributed by atoms with E-state index in [1.807, 2.05) is 19.1 Å². The smallest absolute Gasteiger partial charge is 0.243 e. The fourth-order valence-corrected chi connectivity index (χ4v) is 3.66. The SMILES string of the molecule is COc1cccc(N2CC(C(=O)NCC(=O)Nc3ccc(Br)cc3C)CC2=O)c1. The predicted octanol–water partition coefficient (Wildman–Crippen LogP) is 2.87. The molecule has 0 bridgehead atoms. The molecule has 0 radical (unpaired) electrons. The van der Waals surface area contributed by atoms with Crippen LogP contribution in [0.3, 0.4) is 0 Å². The lowest BCUT2D eigenvalue weighted by atomic mass is 10.1. The van der Waals surface area contributed by atoms with Gasteiger partial charge in [0.05, 0.1) is 19.6 Å². The minimum atomic E-state index is -0.504. The lowest BCUT2D eigenvalue weighted by Gasteiger charge is -2.17. The maximum Gasteiger partial charge on any atom is 0.243 e. The average Bonchev–Trinajstić information content (AvgIpc) is 3.10. The third kappa shape index (κ3) is 5.14. The van der Waals surface area contributed by atoms with Crippen LogP contribution in [-0.4, -0.2) is 37.9 Å². The average molecular weight is 460 g/mol. The van der Waals surface area contributed by atoms with Crippen LogP contribution in [0.4, 0.5) is 11.4 Å². The zero-order valence-corrected chi connectivity index (χ0v) is 17.8. The molecular formula is C21H22BrN3O4. The van der Waals surface area contributed by atoms with Crippen molar-refractivity contribution in [2.45, 2.75) is 13.3 Å². The zero-order chi connectivity index (χ0) is 21.0. The van der Waals surface area contributed by atoms with Crippen LogP contribution in [0, 0.1) is 12.8 Å². The summed E-state index contributed by atoms with van der Waals surface area (Å²) in [5.41, 5.74) is 2.29. The highest BCUT2D eigenvalue weighted by atomic mass is 79.9. The molecule has 2 aromatic rings. The Hall–Kier alpha value is -2.87. The predicted molar refractivity (Wildman–Crippen MR) is 114 cm³/mol. The molecule has 0 aromatic heterocycles. The van der Waals surface area contributed by atoms with Gasteiger partial charge in [-0.05, 0) is 42.8 Å². The number of amides is 3. The number of hydrogen-bond donors (Lipinski definition) is 2. The van der Waals surface area contributed by atoms with E-state index >= 15 is 0 Å². The molecule has 1 fully saturated rings. The molecule has 0 aliphatic carbocycles. The molecule has 0 saturated carbocycles. The number of ether oxygens (including phenoxy) is 1. The van der Waals surface area contributed by atoms with Gasteiger partial charge in [-0.2, -0.15) is 0 Å². The Morgan fingerprint density at radius 1 is 1.24 bits per heavy atom. The molecule has 1 saturated heterocycles. The molecule has 0 spiro atoms. The van der Waals surface area contributed by atoms with E-state index in [9.17, 15) is 14.4 Å². The first kappa shape index (κ1) is 20.9. The topological polar surface area (TPSA) is 87.7 Å². The van der Waals surface area contributed by atoms with E-state index in [1.165, 1.54) is 0 Å². The third-order valence-electron chi connectivity index (χ3n) is 4.75. The molecule has 2 N–H and O–H groups in total. The summed E-state index contributed by atoms with van der Waals surface area (Å²) in [6, 6.07) is 12.7. The second kappa shape index (κ2) is 9.09. The molecule has 8 heteroatoms. The molecule has 2 aromatic carbocycles. The van der Waals surface area contributed by atoms with Crippen molar-refractivity contribution < 1.29 is 19.1 Å². The number of nitrogens with one attached hydrogen (secondary N) is 2. The zero-order valence-electron chi connectivity index (χ0n) is 16.2. The summed E-state index contributed by atoms with van der Waals surface area (Å²) in [7, 11) is 1.56. The number of benzene rings is 2. The maximum absolute atomic E-state index is 12.5. The monoisotopic (exact) mass is 459 g/mol. The number of nitrogens with zero attached hydrogens (tertiary/aromatic N) is 1. The quantitative estimate of drug-likeness (QED) is 0.694. The van der Waals surface area contributed by atoms with Crippen LogP contribution in [0.15, 0.2) is 46.9 Å². The van der Waals surface area contributed by atoms with Gasteiger partial charge in [0, 0.05) is 34.9 Å². The van der Waals surface area contributed by atoms with E-state index in [4.69, 9.17) is 4.74 Å². The number of halogens is 1. The maximum atomic E-state index is 12.5. The van der Waals surface area contributed by atoms with E-state index in [-0.39, 0.29) is 37.2 Å². The van der Waals surface area contributed by atoms with Crippen LogP contribution < -0.4 is 20.3 Å². The Kier molecular flexibility index (Phi) is 6.53. The standard InChI is InChI=1S/C21H22BrN3O4/c1-13-8-15(22)6-7-18(13)24-19(26)11-23-21(28)14-9-20(27)25(12-14)16-4-3-5-17(10-16)29-2/h3-8,10,14H,9,11-12H2,1-2H3,(H,23,28)(H,24,26). The minimum absolute atomic E-state index is 0.108. The highest BCUT2D eigenvalue weighted by Gasteiger charge is 2.35. The third-order valence-corrected chi connectivity index (χ3v) is 5.24. The number of carbonyl (C=O) groups is 3. The summed E-state index contributed by atoms with van der Waals surface area (Å²) in [5.74, 6) is -0.628. The molecule has 29 heavy (non-hydrogen) atoms. The number of carbonyl (C=O) groups excluding carboxylic acids is 3. The number of anilines is 2. The van der Waals surface area contributed by atoms with Gasteiger partial charge in [0.25, 0.3) is 0 Å². The molecule has 7 nitrogen and oxygen atoms in total. The number of rotatable bonds is 6. The first-order valence-electron chi connectivity index (χ1n) is 9.15. The molecule has 152 valence electrons. The Labute approximate surface area is 177 Å². The van der Waals surface area contributed by atoms with E-state index in [0.29, 0.717) is 17.1 Å². The Bertz CT molecular complexity index is 947. The van der Waals surface area contributed by atoms with Crippen molar-refractivity contribution in [1.82, 2.24) is 5.32 Å². The van der Waals surface area contributed by atoms with Gasteiger partial charge >= 0.3 is 0 Å². The second-order valence-corrected chi connectivity index (χ2v) is 7.75. The number of methoxy groups -OCH3 is 1. The Morgan fingerprint density at radius 2 is 2.03 bits per heavy atom. The van der Waals surface area contributed by atoms with E-state index in [0.717, 1.165) is 10.0 Å². The molecule has 1 aliphatic heterocycles. The van der Waals surface area contributed by atoms with Crippen molar-refractivity contribution in [3.8, 4) is 5.75 Å². The van der Waals surface area contributed by atoms with Crippen molar-refractivity contribution in [2.24, 2.45) is 5.92 Å². The molecule has 1 unspecified atom stereocenters. The number of aryl methyl sites for hydroxylation is 1. The highest BCUT2D eigenvalue weighted by molar-refractivity contribution is 9.10. The van der Waals surface area contributed by atoms with Crippen LogP contribution in [-0.2, 0) is 14.4 Å². The Morgan fingerprint density at radius 3 is 2.76 bits per heavy atom. The van der Waals surface area contributed by atoms with Crippen molar-refractivity contribution in [3.05, 3.63) is 52.5 Å². The molecule has 3 rings (SSSR count). The first-order valence-corrected chi connectivity index (χ1v) is 9.95. The Balaban J connectivity index is 1.54. The van der Waals surface area contributed by atoms with Crippen molar-refractivity contribution in [1.29, 1.82) is 0 Å². The van der Waals surface area contributed by atoms with Crippen molar-refractivity contribution in [2.75, 3.05) is 30.4 Å². The van der Waals surface area contributed by atoms with Gasteiger partial charge in [-0.1, -0.05) is 22.0 Å². The molecular weight excluding hydrogens is 438 g/mol. The first-order chi connectivity index (χ1) is 13.9. The number of hydrogen-bond acceptors (Lipinski definition) is 4. The fourth-order valence-electron chi connectivity index (χ4n) is 3.18.